The Balaban J connectivity index is 1.30. The van der Waals surface area contributed by atoms with Gasteiger partial charge >= 0.3 is 0 Å². The lowest BCUT2D eigenvalue weighted by Gasteiger charge is -2.26. The van der Waals surface area contributed by atoms with Crippen LogP contribution in [0.2, 0.25) is 0 Å². The highest BCUT2D eigenvalue weighted by molar-refractivity contribution is 5.93. The number of carbonyl (C=O) groups excluding carboxylic acids is 1. The molecular weight excluding hydrogens is 427 g/mol. The van der Waals surface area contributed by atoms with Crippen LogP contribution in [0.15, 0.2) is 55.1 Å². The second-order valence-corrected chi connectivity index (χ2v) is 7.50. The highest BCUT2D eigenvalue weighted by Crippen LogP contribution is 2.22. The molecule has 0 atom stereocenters. The predicted molar refractivity (Wildman–Crippen MR) is 116 cm³/mol. The summed E-state index contributed by atoms with van der Waals surface area (Å²) in [6.45, 7) is 2.48. The van der Waals surface area contributed by atoms with Crippen LogP contribution in [0.4, 0.5) is 4.39 Å². The molecule has 10 nitrogen and oxygen atoms in total. The summed E-state index contributed by atoms with van der Waals surface area (Å²) in [5.41, 5.74) is 5.54. The van der Waals surface area contributed by atoms with E-state index in [9.17, 15) is 9.18 Å². The van der Waals surface area contributed by atoms with Gasteiger partial charge in [0.2, 0.25) is 0 Å². The molecule has 4 heterocycles. The molecule has 1 aromatic carbocycles. The highest BCUT2D eigenvalue weighted by atomic mass is 19.1. The number of hydrazine groups is 1. The first-order valence-corrected chi connectivity index (χ1v) is 10.4. The van der Waals surface area contributed by atoms with Crippen molar-refractivity contribution in [2.75, 3.05) is 26.3 Å². The van der Waals surface area contributed by atoms with Crippen LogP contribution in [0.1, 0.15) is 21.6 Å². The lowest BCUT2D eigenvalue weighted by molar-refractivity contribution is 0.0126. The minimum absolute atomic E-state index is 0.220. The third-order valence-corrected chi connectivity index (χ3v) is 5.31. The van der Waals surface area contributed by atoms with Crippen molar-refractivity contribution < 1.29 is 13.9 Å². The number of H-pyrrole nitrogens is 1. The molecule has 3 aromatic heterocycles. The Morgan fingerprint density at radius 1 is 1.12 bits per heavy atom. The number of pyridine rings is 1. The van der Waals surface area contributed by atoms with E-state index in [1.807, 2.05) is 5.01 Å². The number of benzene rings is 1. The number of hydrogen-bond donors (Lipinski definition) is 2. The Morgan fingerprint density at radius 2 is 1.97 bits per heavy atom. The number of nitrogens with zero attached hydrogens (tertiary/aromatic N) is 6. The molecule has 33 heavy (non-hydrogen) atoms. The fourth-order valence-electron chi connectivity index (χ4n) is 3.53. The maximum atomic E-state index is 14.0. The quantitative estimate of drug-likeness (QED) is 0.462. The number of nitrogens with one attached hydrogen (secondary N) is 2. The number of morpholine rings is 1. The molecule has 1 aliphatic rings. The van der Waals surface area contributed by atoms with E-state index in [2.05, 4.69) is 30.8 Å². The molecular formula is C22H21FN8O2. The maximum Gasteiger partial charge on any atom is 0.267 e. The fraction of sp³-hybridized carbons (Fsp3) is 0.227. The first-order valence-electron chi connectivity index (χ1n) is 10.4. The number of aromatic amines is 1. The van der Waals surface area contributed by atoms with E-state index < -0.39 is 0 Å². The van der Waals surface area contributed by atoms with Gasteiger partial charge in [0, 0.05) is 31.9 Å². The van der Waals surface area contributed by atoms with Gasteiger partial charge in [0.1, 0.15) is 29.4 Å². The predicted octanol–water partition coefficient (Wildman–Crippen LogP) is 1.76. The molecule has 0 unspecified atom stereocenters. The summed E-state index contributed by atoms with van der Waals surface area (Å²) >= 11 is 0. The third kappa shape index (κ3) is 4.64. The lowest BCUT2D eigenvalue weighted by atomic mass is 10.1. The van der Waals surface area contributed by atoms with E-state index in [1.54, 1.807) is 47.4 Å². The number of carbonyl (C=O) groups is 1. The zero-order chi connectivity index (χ0) is 22.6. The molecule has 0 saturated carbocycles. The van der Waals surface area contributed by atoms with Crippen molar-refractivity contribution in [1.82, 2.24) is 40.4 Å². The van der Waals surface area contributed by atoms with Crippen LogP contribution in [0.25, 0.3) is 17.2 Å². The van der Waals surface area contributed by atoms with Gasteiger partial charge in [-0.1, -0.05) is 18.2 Å². The molecule has 5 rings (SSSR count). The van der Waals surface area contributed by atoms with Gasteiger partial charge in [-0.25, -0.2) is 19.4 Å². The SMILES string of the molecule is O=C(NN1CCOCC1)c1ccc(-n2cnc(-c3n[nH]nc3Cc3ccccc3F)c2)nc1. The number of halogens is 1. The summed E-state index contributed by atoms with van der Waals surface area (Å²) < 4.78 is 21.0. The van der Waals surface area contributed by atoms with E-state index in [4.69, 9.17) is 4.74 Å². The van der Waals surface area contributed by atoms with Crippen molar-refractivity contribution in [3.8, 4) is 17.2 Å². The fourth-order valence-corrected chi connectivity index (χ4v) is 3.53. The molecule has 11 heteroatoms. The van der Waals surface area contributed by atoms with Crippen LogP contribution in [-0.4, -0.2) is 67.2 Å². The largest absolute Gasteiger partial charge is 0.379 e. The van der Waals surface area contributed by atoms with Crippen molar-refractivity contribution >= 4 is 5.91 Å². The third-order valence-electron chi connectivity index (χ3n) is 5.31. The number of ether oxygens (including phenoxy) is 1. The first-order chi connectivity index (χ1) is 16.2. The molecule has 0 aliphatic carbocycles. The Bertz CT molecular complexity index is 1250. The Morgan fingerprint density at radius 3 is 2.76 bits per heavy atom. The van der Waals surface area contributed by atoms with Crippen LogP contribution in [0.3, 0.4) is 0 Å². The van der Waals surface area contributed by atoms with E-state index >= 15 is 0 Å². The normalized spacial score (nSPS) is 14.3. The molecule has 2 N–H and O–H groups in total. The second-order valence-electron chi connectivity index (χ2n) is 7.50. The monoisotopic (exact) mass is 448 g/mol. The number of imidazole rings is 1. The van der Waals surface area contributed by atoms with Crippen molar-refractivity contribution in [3.63, 3.8) is 0 Å². The summed E-state index contributed by atoms with van der Waals surface area (Å²) in [6.07, 6.45) is 5.17. The standard InChI is InChI=1S/C22H21FN8O2/c23-17-4-2-1-3-15(17)11-18-21(27-29-26-18)19-13-30(14-25-19)20-6-5-16(12-24-20)22(32)28-31-7-9-33-10-8-31/h1-6,12-14H,7-11H2,(H,28,32)(H,26,27,29). The molecule has 1 amide bonds. The van der Waals surface area contributed by atoms with Gasteiger partial charge in [0.05, 0.1) is 24.5 Å². The first kappa shape index (κ1) is 20.9. The Hall–Kier alpha value is -3.96. The van der Waals surface area contributed by atoms with E-state index in [0.29, 0.717) is 60.3 Å². The van der Waals surface area contributed by atoms with E-state index in [0.717, 1.165) is 0 Å². The van der Waals surface area contributed by atoms with Crippen molar-refractivity contribution in [2.24, 2.45) is 0 Å². The summed E-state index contributed by atoms with van der Waals surface area (Å²) in [5, 5.41) is 12.8. The number of hydrogen-bond acceptors (Lipinski definition) is 7. The second kappa shape index (κ2) is 9.27. The molecule has 1 fully saturated rings. The van der Waals surface area contributed by atoms with Crippen LogP contribution < -0.4 is 5.43 Å². The van der Waals surface area contributed by atoms with E-state index in [1.165, 1.54) is 12.3 Å². The Kier molecular flexibility index (Phi) is 5.87. The molecule has 0 bridgehead atoms. The molecule has 0 radical (unpaired) electrons. The zero-order valence-corrected chi connectivity index (χ0v) is 17.6. The minimum atomic E-state index is -0.293. The van der Waals surface area contributed by atoms with Gasteiger partial charge in [0.25, 0.3) is 5.91 Å². The van der Waals surface area contributed by atoms with Gasteiger partial charge in [-0.15, -0.1) is 0 Å². The Labute approximate surface area is 188 Å². The smallest absolute Gasteiger partial charge is 0.267 e. The summed E-state index contributed by atoms with van der Waals surface area (Å²) in [5.74, 6) is 0.0809. The number of rotatable bonds is 6. The number of amides is 1. The van der Waals surface area contributed by atoms with Crippen molar-refractivity contribution in [3.05, 3.63) is 77.8 Å². The summed E-state index contributed by atoms with van der Waals surface area (Å²) in [6, 6.07) is 10.0. The van der Waals surface area contributed by atoms with Gasteiger partial charge in [-0.05, 0) is 23.8 Å². The number of aromatic nitrogens is 6. The van der Waals surface area contributed by atoms with Crippen LogP contribution in [-0.2, 0) is 11.2 Å². The maximum absolute atomic E-state index is 14.0. The molecule has 1 aliphatic heterocycles. The van der Waals surface area contributed by atoms with Gasteiger partial charge in [-0.2, -0.15) is 15.4 Å². The summed E-state index contributed by atoms with van der Waals surface area (Å²) in [7, 11) is 0. The van der Waals surface area contributed by atoms with Crippen LogP contribution in [0.5, 0.6) is 0 Å². The topological polar surface area (TPSA) is 114 Å². The summed E-state index contributed by atoms with van der Waals surface area (Å²) in [4.78, 5) is 21.2. The average molecular weight is 448 g/mol. The van der Waals surface area contributed by atoms with Crippen molar-refractivity contribution in [2.45, 2.75) is 6.42 Å². The highest BCUT2D eigenvalue weighted by Gasteiger charge is 2.17. The van der Waals surface area contributed by atoms with Gasteiger partial charge in [0.15, 0.2) is 0 Å². The molecule has 4 aromatic rings. The van der Waals surface area contributed by atoms with Crippen LogP contribution >= 0.6 is 0 Å². The van der Waals surface area contributed by atoms with Crippen LogP contribution in [0, 0.1) is 5.82 Å². The van der Waals surface area contributed by atoms with Crippen molar-refractivity contribution in [1.29, 1.82) is 0 Å². The minimum Gasteiger partial charge on any atom is -0.379 e. The van der Waals surface area contributed by atoms with E-state index in [-0.39, 0.29) is 18.1 Å². The van der Waals surface area contributed by atoms with Gasteiger partial charge in [-0.3, -0.25) is 14.8 Å². The van der Waals surface area contributed by atoms with Gasteiger partial charge < -0.3 is 4.74 Å². The zero-order valence-electron chi connectivity index (χ0n) is 17.6. The lowest BCUT2D eigenvalue weighted by Crippen LogP contribution is -2.48. The molecule has 168 valence electrons. The molecule has 1 saturated heterocycles. The molecule has 0 spiro atoms. The average Bonchev–Trinajstić information content (AvgIpc) is 3.51.